The molecule has 0 heterocycles. The average Bonchev–Trinajstić information content (AvgIpc) is 2.59. The Hall–Kier alpha value is -2.57. The second kappa shape index (κ2) is 9.94. The fraction of sp³-hybridized carbons (Fsp3) is 0.550. The van der Waals surface area contributed by atoms with Crippen molar-refractivity contribution in [1.82, 2.24) is 10.2 Å². The standard InChI is InChI=1S/C20H30N2O5/c1-14(12-18(24)26-6)22(15(2)16-10-8-7-9-11-16)17(23)13-21-19(25)27-20(3,4)5/h7-11,14-15H,12-13H2,1-6H3,(H,21,25). The molecule has 2 atom stereocenters. The van der Waals surface area contributed by atoms with Crippen molar-refractivity contribution < 1.29 is 23.9 Å². The number of hydrogen-bond donors (Lipinski definition) is 1. The fourth-order valence-corrected chi connectivity index (χ4v) is 2.71. The molecule has 1 N–H and O–H groups in total. The quantitative estimate of drug-likeness (QED) is 0.737. The molecule has 0 saturated carbocycles. The number of nitrogens with one attached hydrogen (secondary N) is 1. The molecule has 150 valence electrons. The van der Waals surface area contributed by atoms with Gasteiger partial charge in [0.05, 0.1) is 19.6 Å². The Balaban J connectivity index is 2.91. The van der Waals surface area contributed by atoms with Crippen LogP contribution in [0.25, 0.3) is 0 Å². The molecular formula is C20H30N2O5. The molecule has 0 aliphatic carbocycles. The number of carbonyl (C=O) groups is 3. The van der Waals surface area contributed by atoms with E-state index in [1.807, 2.05) is 37.3 Å². The highest BCUT2D eigenvalue weighted by molar-refractivity contribution is 5.83. The van der Waals surface area contributed by atoms with Crippen LogP contribution in [0.1, 0.15) is 52.6 Å². The van der Waals surface area contributed by atoms with Gasteiger partial charge in [0.15, 0.2) is 0 Å². The maximum absolute atomic E-state index is 12.8. The maximum atomic E-state index is 12.8. The van der Waals surface area contributed by atoms with Gasteiger partial charge in [-0.3, -0.25) is 9.59 Å². The van der Waals surface area contributed by atoms with Gasteiger partial charge in [-0.05, 0) is 40.2 Å². The molecule has 0 bridgehead atoms. The Kier molecular flexibility index (Phi) is 8.28. The van der Waals surface area contributed by atoms with E-state index in [0.717, 1.165) is 5.56 Å². The average molecular weight is 378 g/mol. The number of hydrogen-bond acceptors (Lipinski definition) is 5. The lowest BCUT2D eigenvalue weighted by Gasteiger charge is -2.35. The minimum absolute atomic E-state index is 0.0614. The zero-order valence-electron chi connectivity index (χ0n) is 16.9. The summed E-state index contributed by atoms with van der Waals surface area (Å²) in [5, 5.41) is 2.48. The predicted molar refractivity (Wildman–Crippen MR) is 102 cm³/mol. The largest absolute Gasteiger partial charge is 0.469 e. The number of carbonyl (C=O) groups excluding carboxylic acids is 3. The number of rotatable bonds is 7. The normalized spacial score (nSPS) is 13.3. The van der Waals surface area contributed by atoms with E-state index in [4.69, 9.17) is 9.47 Å². The van der Waals surface area contributed by atoms with Crippen LogP contribution in [0, 0.1) is 0 Å². The Morgan fingerprint density at radius 1 is 1.11 bits per heavy atom. The number of alkyl carbamates (subject to hydrolysis) is 1. The molecule has 2 amide bonds. The second-order valence-electron chi connectivity index (χ2n) is 7.37. The van der Waals surface area contributed by atoms with Crippen LogP contribution in [-0.4, -0.2) is 48.2 Å². The highest BCUT2D eigenvalue weighted by Crippen LogP contribution is 2.24. The molecule has 0 saturated heterocycles. The van der Waals surface area contributed by atoms with Crippen LogP contribution < -0.4 is 5.32 Å². The number of benzene rings is 1. The van der Waals surface area contributed by atoms with E-state index in [-0.39, 0.29) is 24.9 Å². The van der Waals surface area contributed by atoms with Crippen LogP contribution in [0.15, 0.2) is 30.3 Å². The molecule has 0 aromatic heterocycles. The van der Waals surface area contributed by atoms with E-state index in [0.29, 0.717) is 0 Å². The van der Waals surface area contributed by atoms with E-state index < -0.39 is 23.7 Å². The van der Waals surface area contributed by atoms with Crippen LogP contribution in [0.5, 0.6) is 0 Å². The number of methoxy groups -OCH3 is 1. The Bertz CT molecular complexity index is 640. The predicted octanol–water partition coefficient (Wildman–Crippen LogP) is 3.05. The summed E-state index contributed by atoms with van der Waals surface area (Å²) in [5.74, 6) is -0.714. The van der Waals surface area contributed by atoms with Crippen molar-refractivity contribution in [3.63, 3.8) is 0 Å². The first kappa shape index (κ1) is 22.5. The summed E-state index contributed by atoms with van der Waals surface area (Å²) < 4.78 is 9.88. The summed E-state index contributed by atoms with van der Waals surface area (Å²) in [4.78, 5) is 38.0. The molecule has 2 unspecified atom stereocenters. The summed E-state index contributed by atoms with van der Waals surface area (Å²) in [6, 6.07) is 8.81. The van der Waals surface area contributed by atoms with Gasteiger partial charge in [-0.2, -0.15) is 0 Å². The summed E-state index contributed by atoms with van der Waals surface area (Å²) in [7, 11) is 1.31. The van der Waals surface area contributed by atoms with Gasteiger partial charge in [-0.1, -0.05) is 30.3 Å². The summed E-state index contributed by atoms with van der Waals surface area (Å²) in [6.45, 7) is 8.68. The second-order valence-corrected chi connectivity index (χ2v) is 7.37. The molecule has 1 rings (SSSR count). The monoisotopic (exact) mass is 378 g/mol. The molecule has 0 fully saturated rings. The molecule has 27 heavy (non-hydrogen) atoms. The van der Waals surface area contributed by atoms with Crippen LogP contribution >= 0.6 is 0 Å². The van der Waals surface area contributed by atoms with Crippen molar-refractivity contribution in [3.05, 3.63) is 35.9 Å². The molecule has 1 aromatic rings. The van der Waals surface area contributed by atoms with E-state index >= 15 is 0 Å². The zero-order valence-corrected chi connectivity index (χ0v) is 16.9. The van der Waals surface area contributed by atoms with E-state index in [1.54, 1.807) is 32.6 Å². The van der Waals surface area contributed by atoms with Crippen LogP contribution in [0.3, 0.4) is 0 Å². The van der Waals surface area contributed by atoms with Gasteiger partial charge in [0, 0.05) is 6.04 Å². The first-order valence-corrected chi connectivity index (χ1v) is 8.95. The third-order valence-electron chi connectivity index (χ3n) is 3.93. The smallest absolute Gasteiger partial charge is 0.408 e. The van der Waals surface area contributed by atoms with Gasteiger partial charge in [0.2, 0.25) is 5.91 Å². The lowest BCUT2D eigenvalue weighted by atomic mass is 10.0. The van der Waals surface area contributed by atoms with E-state index in [9.17, 15) is 14.4 Å². The third-order valence-corrected chi connectivity index (χ3v) is 3.93. The first-order valence-electron chi connectivity index (χ1n) is 8.95. The minimum atomic E-state index is -0.663. The van der Waals surface area contributed by atoms with Crippen LogP contribution in [0.4, 0.5) is 4.79 Å². The number of esters is 1. The molecule has 7 nitrogen and oxygen atoms in total. The van der Waals surface area contributed by atoms with Gasteiger partial charge in [0.1, 0.15) is 12.1 Å². The third kappa shape index (κ3) is 7.68. The van der Waals surface area contributed by atoms with Crippen molar-refractivity contribution in [3.8, 4) is 0 Å². The maximum Gasteiger partial charge on any atom is 0.408 e. The zero-order chi connectivity index (χ0) is 20.6. The summed E-state index contributed by atoms with van der Waals surface area (Å²) in [5.41, 5.74) is 0.280. The highest BCUT2D eigenvalue weighted by Gasteiger charge is 2.29. The number of amides is 2. The molecule has 1 aromatic carbocycles. The Morgan fingerprint density at radius 2 is 1.70 bits per heavy atom. The van der Waals surface area contributed by atoms with Crippen molar-refractivity contribution in [2.45, 2.75) is 58.7 Å². The highest BCUT2D eigenvalue weighted by atomic mass is 16.6. The number of ether oxygens (including phenoxy) is 2. The van der Waals surface area contributed by atoms with E-state index in [2.05, 4.69) is 5.32 Å². The molecule has 7 heteroatoms. The first-order chi connectivity index (χ1) is 12.5. The fourth-order valence-electron chi connectivity index (χ4n) is 2.71. The van der Waals surface area contributed by atoms with Crippen molar-refractivity contribution in [2.24, 2.45) is 0 Å². The van der Waals surface area contributed by atoms with Crippen molar-refractivity contribution >= 4 is 18.0 Å². The molecule has 0 aliphatic rings. The van der Waals surface area contributed by atoms with Crippen LogP contribution in [0.2, 0.25) is 0 Å². The van der Waals surface area contributed by atoms with E-state index in [1.165, 1.54) is 7.11 Å². The van der Waals surface area contributed by atoms with Gasteiger partial charge in [0.25, 0.3) is 0 Å². The molecule has 0 radical (unpaired) electrons. The van der Waals surface area contributed by atoms with Gasteiger partial charge in [-0.25, -0.2) is 4.79 Å². The minimum Gasteiger partial charge on any atom is -0.469 e. The van der Waals surface area contributed by atoms with Crippen LogP contribution in [-0.2, 0) is 19.1 Å². The van der Waals surface area contributed by atoms with Gasteiger partial charge in [-0.15, -0.1) is 0 Å². The van der Waals surface area contributed by atoms with Crippen molar-refractivity contribution in [1.29, 1.82) is 0 Å². The molecule has 0 aliphatic heterocycles. The summed E-state index contributed by atoms with van der Waals surface area (Å²) >= 11 is 0. The Labute approximate surface area is 161 Å². The molecular weight excluding hydrogens is 348 g/mol. The molecule has 0 spiro atoms. The van der Waals surface area contributed by atoms with Gasteiger partial charge < -0.3 is 19.7 Å². The number of nitrogens with zero attached hydrogens (tertiary/aromatic N) is 1. The SMILES string of the molecule is COC(=O)CC(C)N(C(=O)CNC(=O)OC(C)(C)C)C(C)c1ccccc1. The lowest BCUT2D eigenvalue weighted by molar-refractivity contribution is -0.144. The lowest BCUT2D eigenvalue weighted by Crippen LogP contribution is -2.47. The van der Waals surface area contributed by atoms with Gasteiger partial charge >= 0.3 is 12.1 Å². The topological polar surface area (TPSA) is 84.9 Å². The van der Waals surface area contributed by atoms with Crippen molar-refractivity contribution in [2.75, 3.05) is 13.7 Å². The summed E-state index contributed by atoms with van der Waals surface area (Å²) in [6.07, 6.45) is -0.602. The Morgan fingerprint density at radius 3 is 2.22 bits per heavy atom.